The van der Waals surface area contributed by atoms with Crippen molar-refractivity contribution in [2.45, 2.75) is 19.9 Å². The number of amides is 2. The average Bonchev–Trinajstić information content (AvgIpc) is 3.17. The van der Waals surface area contributed by atoms with E-state index in [1.807, 2.05) is 18.7 Å². The fourth-order valence-corrected chi connectivity index (χ4v) is 3.37. The van der Waals surface area contributed by atoms with Crippen molar-refractivity contribution in [3.05, 3.63) is 24.2 Å². The maximum atomic E-state index is 12.8. The van der Waals surface area contributed by atoms with Gasteiger partial charge in [-0.25, -0.2) is 0 Å². The monoisotopic (exact) mass is 341 g/mol. The van der Waals surface area contributed by atoms with Gasteiger partial charge in [-0.3, -0.25) is 9.59 Å². The van der Waals surface area contributed by atoms with Crippen LogP contribution in [0, 0.1) is 17.8 Å². The molecule has 2 N–H and O–H groups in total. The number of hydrogen-bond donors (Lipinski definition) is 2. The van der Waals surface area contributed by atoms with Gasteiger partial charge in [-0.2, -0.15) is 0 Å². The van der Waals surface area contributed by atoms with Gasteiger partial charge in [0, 0.05) is 26.2 Å². The zero-order valence-corrected chi connectivity index (χ0v) is 14.3. The summed E-state index contributed by atoms with van der Waals surface area (Å²) in [6, 6.07) is 2.75. The van der Waals surface area contributed by atoms with Crippen LogP contribution < -0.4 is 10.6 Å². The molecule has 0 bridgehead atoms. The molecule has 0 radical (unpaired) electrons. The van der Waals surface area contributed by atoms with Gasteiger partial charge in [0.15, 0.2) is 5.76 Å². The smallest absolute Gasteiger partial charge is 0.287 e. The van der Waals surface area contributed by atoms with Crippen LogP contribution in [0.4, 0.5) is 0 Å². The lowest BCUT2D eigenvalue weighted by atomic mass is 10.0. The van der Waals surface area contributed by atoms with Gasteiger partial charge >= 0.3 is 0 Å². The maximum absolute atomic E-state index is 12.8. The molecule has 2 saturated heterocycles. The summed E-state index contributed by atoms with van der Waals surface area (Å²) in [4.78, 5) is 26.8. The fourth-order valence-electron chi connectivity index (χ4n) is 3.37. The van der Waals surface area contributed by atoms with Crippen molar-refractivity contribution in [3.8, 4) is 0 Å². The van der Waals surface area contributed by atoms with E-state index in [-0.39, 0.29) is 35.9 Å². The van der Waals surface area contributed by atoms with E-state index in [2.05, 4.69) is 10.6 Å². The van der Waals surface area contributed by atoms with Crippen molar-refractivity contribution in [1.82, 2.24) is 15.5 Å². The van der Waals surface area contributed by atoms with Crippen LogP contribution in [-0.4, -0.2) is 48.9 Å². The molecule has 2 aliphatic heterocycles. The summed E-state index contributed by atoms with van der Waals surface area (Å²) in [6.07, 6.45) is 1.45. The van der Waals surface area contributed by atoms with Crippen molar-refractivity contribution in [2.75, 3.05) is 26.2 Å². The summed E-state index contributed by atoms with van der Waals surface area (Å²) in [5.41, 5.74) is 0. The van der Waals surface area contributed by atoms with Crippen LogP contribution in [-0.2, 0) is 4.79 Å². The molecule has 0 aromatic carbocycles. The molecule has 1 aromatic heterocycles. The highest BCUT2D eigenvalue weighted by molar-refractivity contribution is 5.95. The first-order chi connectivity index (χ1) is 10.6. The van der Waals surface area contributed by atoms with E-state index >= 15 is 0 Å². The number of hydrogen-bond acceptors (Lipinski definition) is 4. The Kier molecular flexibility index (Phi) is 5.70. The molecular weight excluding hydrogens is 318 g/mol. The minimum atomic E-state index is -0.510. The van der Waals surface area contributed by atoms with Gasteiger partial charge in [0.05, 0.1) is 6.26 Å². The molecule has 0 spiro atoms. The minimum Gasteiger partial charge on any atom is -0.459 e. The Morgan fingerprint density at radius 3 is 2.48 bits per heavy atom. The zero-order chi connectivity index (χ0) is 15.7. The van der Waals surface area contributed by atoms with E-state index in [0.29, 0.717) is 11.8 Å². The van der Waals surface area contributed by atoms with E-state index in [0.717, 1.165) is 26.2 Å². The van der Waals surface area contributed by atoms with Gasteiger partial charge in [-0.15, -0.1) is 12.4 Å². The first kappa shape index (κ1) is 17.8. The molecule has 2 fully saturated rings. The lowest BCUT2D eigenvalue weighted by Crippen LogP contribution is -2.51. The molecule has 6 nitrogen and oxygen atoms in total. The van der Waals surface area contributed by atoms with Crippen molar-refractivity contribution in [2.24, 2.45) is 17.8 Å². The number of nitrogens with zero attached hydrogens (tertiary/aromatic N) is 1. The van der Waals surface area contributed by atoms with E-state index in [9.17, 15) is 9.59 Å². The molecule has 0 saturated carbocycles. The number of rotatable bonds is 4. The van der Waals surface area contributed by atoms with E-state index in [1.54, 1.807) is 12.1 Å². The van der Waals surface area contributed by atoms with Gasteiger partial charge in [-0.05, 0) is 29.9 Å². The number of nitrogens with one attached hydrogen (secondary N) is 2. The molecule has 128 valence electrons. The molecule has 3 atom stereocenters. The summed E-state index contributed by atoms with van der Waals surface area (Å²) in [6.45, 7) is 7.44. The second kappa shape index (κ2) is 7.36. The molecule has 2 aliphatic rings. The summed E-state index contributed by atoms with van der Waals surface area (Å²) in [5.74, 6) is 1.06. The lowest BCUT2D eigenvalue weighted by Gasteiger charge is -2.27. The van der Waals surface area contributed by atoms with Crippen LogP contribution in [0.5, 0.6) is 0 Å². The third kappa shape index (κ3) is 3.70. The van der Waals surface area contributed by atoms with E-state index in [1.165, 1.54) is 6.26 Å². The largest absolute Gasteiger partial charge is 0.459 e. The molecule has 1 unspecified atom stereocenters. The van der Waals surface area contributed by atoms with Crippen LogP contribution in [0.2, 0.25) is 0 Å². The van der Waals surface area contributed by atoms with Gasteiger partial charge in [0.1, 0.15) is 6.04 Å². The van der Waals surface area contributed by atoms with E-state index < -0.39 is 6.04 Å². The van der Waals surface area contributed by atoms with Crippen molar-refractivity contribution in [1.29, 1.82) is 0 Å². The molecule has 23 heavy (non-hydrogen) atoms. The number of carbonyl (C=O) groups is 2. The summed E-state index contributed by atoms with van der Waals surface area (Å²) in [5, 5.41) is 6.19. The highest BCUT2D eigenvalue weighted by Gasteiger charge is 2.40. The molecule has 3 rings (SSSR count). The van der Waals surface area contributed by atoms with Crippen molar-refractivity contribution < 1.29 is 14.0 Å². The number of carbonyl (C=O) groups excluding carboxylic acids is 2. The Morgan fingerprint density at radius 2 is 1.96 bits per heavy atom. The number of likely N-dealkylation sites (tertiary alicyclic amines) is 1. The van der Waals surface area contributed by atoms with Crippen LogP contribution >= 0.6 is 12.4 Å². The fraction of sp³-hybridized carbons (Fsp3) is 0.625. The normalized spacial score (nSPS) is 24.2. The first-order valence-corrected chi connectivity index (χ1v) is 7.90. The highest BCUT2D eigenvalue weighted by Crippen LogP contribution is 2.27. The number of fused-ring (bicyclic) bond motifs is 1. The number of furan rings is 1. The van der Waals surface area contributed by atoms with Gasteiger partial charge < -0.3 is 20.0 Å². The molecule has 7 heteroatoms. The topological polar surface area (TPSA) is 74.6 Å². The Hall–Kier alpha value is -1.53. The molecule has 2 amide bonds. The molecule has 3 heterocycles. The van der Waals surface area contributed by atoms with Crippen molar-refractivity contribution >= 4 is 24.2 Å². The van der Waals surface area contributed by atoms with Crippen LogP contribution in [0.15, 0.2) is 22.8 Å². The lowest BCUT2D eigenvalue weighted by molar-refractivity contribution is -0.133. The summed E-state index contributed by atoms with van der Waals surface area (Å²) >= 11 is 0. The number of halogens is 1. The standard InChI is InChI=1S/C16H23N3O3.ClH/c1-10(2)14(18-15(20)13-4-3-5-22-13)16(21)19-8-11-6-17-7-12(11)9-19;/h3-5,10-12,14,17H,6-9H2,1-2H3,(H,18,20);1H/t11-,12+,14?;. The van der Waals surface area contributed by atoms with E-state index in [4.69, 9.17) is 4.42 Å². The van der Waals surface area contributed by atoms with Crippen LogP contribution in [0.1, 0.15) is 24.4 Å². The van der Waals surface area contributed by atoms with Gasteiger partial charge in [-0.1, -0.05) is 13.8 Å². The van der Waals surface area contributed by atoms with Crippen LogP contribution in [0.25, 0.3) is 0 Å². The third-order valence-electron chi connectivity index (χ3n) is 4.67. The summed E-state index contributed by atoms with van der Waals surface area (Å²) < 4.78 is 5.10. The Balaban J connectivity index is 0.00000192. The second-order valence-corrected chi connectivity index (χ2v) is 6.59. The second-order valence-electron chi connectivity index (χ2n) is 6.59. The maximum Gasteiger partial charge on any atom is 0.287 e. The first-order valence-electron chi connectivity index (χ1n) is 7.90. The SMILES string of the molecule is CC(C)C(NC(=O)c1ccco1)C(=O)N1C[C@H]2CNC[C@H]2C1.Cl. The zero-order valence-electron chi connectivity index (χ0n) is 13.5. The molecule has 0 aliphatic carbocycles. The minimum absolute atomic E-state index is 0. The Bertz CT molecular complexity index is 535. The third-order valence-corrected chi connectivity index (χ3v) is 4.67. The predicted octanol–water partition coefficient (Wildman–Crippen LogP) is 1.13. The molecule has 1 aromatic rings. The van der Waals surface area contributed by atoms with Gasteiger partial charge in [0.25, 0.3) is 5.91 Å². The van der Waals surface area contributed by atoms with Crippen molar-refractivity contribution in [3.63, 3.8) is 0 Å². The average molecular weight is 342 g/mol. The van der Waals surface area contributed by atoms with Crippen LogP contribution in [0.3, 0.4) is 0 Å². The predicted molar refractivity (Wildman–Crippen MR) is 88.5 cm³/mol. The summed E-state index contributed by atoms with van der Waals surface area (Å²) in [7, 11) is 0. The Morgan fingerprint density at radius 1 is 1.30 bits per heavy atom. The molecular formula is C16H24ClN3O3. The van der Waals surface area contributed by atoms with Gasteiger partial charge in [0.2, 0.25) is 5.91 Å². The highest BCUT2D eigenvalue weighted by atomic mass is 35.5. The quantitative estimate of drug-likeness (QED) is 0.861. The Labute approximate surface area is 142 Å².